The molecule has 4 heteroatoms. The summed E-state index contributed by atoms with van der Waals surface area (Å²) in [6.45, 7) is 4.46. The number of rotatable bonds is 5. The fourth-order valence-corrected chi connectivity index (χ4v) is 3.53. The van der Waals surface area contributed by atoms with E-state index >= 15 is 0 Å². The van der Waals surface area contributed by atoms with E-state index in [9.17, 15) is 4.79 Å². The summed E-state index contributed by atoms with van der Waals surface area (Å²) in [4.78, 5) is 15.1. The molecule has 0 bridgehead atoms. The van der Waals surface area contributed by atoms with Crippen LogP contribution in [-0.4, -0.2) is 37.6 Å². The number of carbonyl (C=O) groups excluding carboxylic acids is 1. The summed E-state index contributed by atoms with van der Waals surface area (Å²) in [6.07, 6.45) is 6.27. The van der Waals surface area contributed by atoms with E-state index in [0.717, 1.165) is 18.4 Å². The lowest BCUT2D eigenvalue weighted by atomic mass is 9.64. The minimum Gasteiger partial charge on any atom is -0.465 e. The molecule has 0 amide bonds. The van der Waals surface area contributed by atoms with Gasteiger partial charge in [0.25, 0.3) is 0 Å². The molecule has 3 nitrogen and oxygen atoms in total. The number of ether oxygens (including phenoxy) is 1. The van der Waals surface area contributed by atoms with Crippen LogP contribution in [0.4, 0.5) is 0 Å². The van der Waals surface area contributed by atoms with Crippen molar-refractivity contribution < 1.29 is 9.53 Å². The van der Waals surface area contributed by atoms with Crippen molar-refractivity contribution in [3.8, 4) is 0 Å². The monoisotopic (exact) mass is 337 g/mol. The standard InChI is InChI=1S/C19H27NO2.ClH/c1-5-15-12-13-17(20(3)4)19(14-15,18(21)22-6-2)16-10-8-7-9-11-16;/h7-13,15,17H,5-6,14H2,1-4H3;1H. The summed E-state index contributed by atoms with van der Waals surface area (Å²) in [6, 6.07) is 10.1. The Hall–Kier alpha value is -1.32. The molecule has 0 saturated heterocycles. The van der Waals surface area contributed by atoms with Crippen LogP contribution in [-0.2, 0) is 14.9 Å². The number of likely N-dealkylation sites (N-methyl/N-ethyl adjacent to an activating group) is 1. The van der Waals surface area contributed by atoms with Gasteiger partial charge in [0.2, 0.25) is 0 Å². The predicted octanol–water partition coefficient (Wildman–Crippen LogP) is 3.83. The van der Waals surface area contributed by atoms with Gasteiger partial charge in [-0.2, -0.15) is 0 Å². The Morgan fingerprint density at radius 3 is 2.39 bits per heavy atom. The Labute approximate surface area is 146 Å². The van der Waals surface area contributed by atoms with Gasteiger partial charge in [-0.1, -0.05) is 49.4 Å². The molecule has 1 aromatic carbocycles. The Morgan fingerprint density at radius 2 is 1.87 bits per heavy atom. The maximum absolute atomic E-state index is 13.0. The molecule has 2 rings (SSSR count). The Bertz CT molecular complexity index is 529. The summed E-state index contributed by atoms with van der Waals surface area (Å²) in [5, 5.41) is 0. The first-order valence-corrected chi connectivity index (χ1v) is 8.13. The Morgan fingerprint density at radius 1 is 1.22 bits per heavy atom. The molecule has 3 atom stereocenters. The van der Waals surface area contributed by atoms with E-state index in [1.165, 1.54) is 0 Å². The highest BCUT2D eigenvalue weighted by molar-refractivity contribution is 5.85. The van der Waals surface area contributed by atoms with Gasteiger partial charge in [0.1, 0.15) is 5.41 Å². The summed E-state index contributed by atoms with van der Waals surface area (Å²) in [5.74, 6) is 0.295. The number of esters is 1. The molecule has 0 heterocycles. The molecule has 1 aliphatic rings. The smallest absolute Gasteiger partial charge is 0.318 e. The van der Waals surface area contributed by atoms with Crippen molar-refractivity contribution in [2.45, 2.75) is 38.1 Å². The lowest BCUT2D eigenvalue weighted by Crippen LogP contribution is -2.55. The average molecular weight is 338 g/mol. The summed E-state index contributed by atoms with van der Waals surface area (Å²) < 4.78 is 5.51. The second-order valence-corrected chi connectivity index (χ2v) is 6.22. The number of nitrogens with zero attached hydrogens (tertiary/aromatic N) is 1. The van der Waals surface area contributed by atoms with Gasteiger partial charge >= 0.3 is 5.97 Å². The van der Waals surface area contributed by atoms with Crippen LogP contribution in [0.5, 0.6) is 0 Å². The predicted molar refractivity (Wildman–Crippen MR) is 97.0 cm³/mol. The quantitative estimate of drug-likeness (QED) is 0.604. The molecule has 3 unspecified atom stereocenters. The third-order valence-electron chi connectivity index (χ3n) is 4.66. The molecule has 128 valence electrons. The highest BCUT2D eigenvalue weighted by atomic mass is 35.5. The first-order valence-electron chi connectivity index (χ1n) is 8.13. The highest BCUT2D eigenvalue weighted by Gasteiger charge is 2.50. The van der Waals surface area contributed by atoms with Gasteiger partial charge in [-0.05, 0) is 45.3 Å². The number of hydrogen-bond acceptors (Lipinski definition) is 3. The number of halogens is 1. The van der Waals surface area contributed by atoms with Crippen LogP contribution in [0.25, 0.3) is 0 Å². The molecule has 23 heavy (non-hydrogen) atoms. The zero-order valence-electron chi connectivity index (χ0n) is 14.5. The largest absolute Gasteiger partial charge is 0.465 e. The molecule has 0 spiro atoms. The summed E-state index contributed by atoms with van der Waals surface area (Å²) in [5.41, 5.74) is 0.422. The second kappa shape index (κ2) is 8.51. The minimum absolute atomic E-state index is 0. The molecule has 1 aliphatic carbocycles. The maximum atomic E-state index is 13.0. The maximum Gasteiger partial charge on any atom is 0.318 e. The van der Waals surface area contributed by atoms with E-state index in [1.807, 2.05) is 39.2 Å². The molecule has 0 saturated carbocycles. The van der Waals surface area contributed by atoms with Crippen LogP contribution >= 0.6 is 12.4 Å². The minimum atomic E-state index is -0.629. The van der Waals surface area contributed by atoms with Crippen molar-refractivity contribution in [2.75, 3.05) is 20.7 Å². The van der Waals surface area contributed by atoms with Crippen LogP contribution in [0.2, 0.25) is 0 Å². The van der Waals surface area contributed by atoms with Crippen LogP contribution in [0.1, 0.15) is 32.3 Å². The van der Waals surface area contributed by atoms with Crippen molar-refractivity contribution in [1.29, 1.82) is 0 Å². The molecular weight excluding hydrogens is 310 g/mol. The van der Waals surface area contributed by atoms with Crippen molar-refractivity contribution >= 4 is 18.4 Å². The number of hydrogen-bond donors (Lipinski definition) is 0. The Balaban J connectivity index is 0.00000264. The van der Waals surface area contributed by atoms with Crippen molar-refractivity contribution in [3.63, 3.8) is 0 Å². The van der Waals surface area contributed by atoms with Gasteiger partial charge in [-0.15, -0.1) is 12.4 Å². The van der Waals surface area contributed by atoms with Crippen molar-refractivity contribution in [2.24, 2.45) is 5.92 Å². The molecule has 0 fully saturated rings. The fourth-order valence-electron chi connectivity index (χ4n) is 3.53. The fraction of sp³-hybridized carbons (Fsp3) is 0.526. The third-order valence-corrected chi connectivity index (χ3v) is 4.66. The normalized spacial score (nSPS) is 26.7. The summed E-state index contributed by atoms with van der Waals surface area (Å²) in [7, 11) is 4.05. The van der Waals surface area contributed by atoms with Crippen LogP contribution in [0.15, 0.2) is 42.5 Å². The van der Waals surface area contributed by atoms with E-state index in [0.29, 0.717) is 12.5 Å². The van der Waals surface area contributed by atoms with Gasteiger partial charge in [0, 0.05) is 6.04 Å². The lowest BCUT2D eigenvalue weighted by molar-refractivity contribution is -0.153. The van der Waals surface area contributed by atoms with Crippen LogP contribution in [0, 0.1) is 5.92 Å². The van der Waals surface area contributed by atoms with Gasteiger partial charge < -0.3 is 9.64 Å². The SMILES string of the molecule is CCOC(=O)C1(c2ccccc2)CC(CC)C=CC1N(C)C.Cl. The van der Waals surface area contributed by atoms with E-state index < -0.39 is 5.41 Å². The molecule has 0 aromatic heterocycles. The first kappa shape index (κ1) is 19.7. The number of allylic oxidation sites excluding steroid dienone is 1. The molecule has 0 radical (unpaired) electrons. The molecule has 0 aliphatic heterocycles. The van der Waals surface area contributed by atoms with Crippen molar-refractivity contribution in [1.82, 2.24) is 4.90 Å². The number of carbonyl (C=O) groups is 1. The van der Waals surface area contributed by atoms with E-state index in [4.69, 9.17) is 4.74 Å². The average Bonchev–Trinajstić information content (AvgIpc) is 2.54. The van der Waals surface area contributed by atoms with Gasteiger partial charge in [-0.25, -0.2) is 0 Å². The lowest BCUT2D eigenvalue weighted by Gasteiger charge is -2.45. The first-order chi connectivity index (χ1) is 10.6. The third kappa shape index (κ3) is 3.78. The van der Waals surface area contributed by atoms with Gasteiger partial charge in [0.05, 0.1) is 6.61 Å². The topological polar surface area (TPSA) is 29.5 Å². The molecular formula is C19H28ClNO2. The van der Waals surface area contributed by atoms with E-state index in [-0.39, 0.29) is 24.4 Å². The van der Waals surface area contributed by atoms with Gasteiger partial charge in [0.15, 0.2) is 0 Å². The molecule has 0 N–H and O–H groups in total. The van der Waals surface area contributed by atoms with Crippen molar-refractivity contribution in [3.05, 3.63) is 48.0 Å². The van der Waals surface area contributed by atoms with Crippen LogP contribution < -0.4 is 0 Å². The van der Waals surface area contributed by atoms with Crippen LogP contribution in [0.3, 0.4) is 0 Å². The highest BCUT2D eigenvalue weighted by Crippen LogP contribution is 2.42. The molecule has 1 aromatic rings. The zero-order valence-corrected chi connectivity index (χ0v) is 15.3. The van der Waals surface area contributed by atoms with Gasteiger partial charge in [-0.3, -0.25) is 4.79 Å². The zero-order chi connectivity index (χ0) is 16.2. The van der Waals surface area contributed by atoms with E-state index in [2.05, 4.69) is 36.1 Å². The Kier molecular flexibility index (Phi) is 7.30. The number of benzene rings is 1. The second-order valence-electron chi connectivity index (χ2n) is 6.22. The van der Waals surface area contributed by atoms with E-state index in [1.54, 1.807) is 0 Å². The summed E-state index contributed by atoms with van der Waals surface area (Å²) >= 11 is 0.